The molecule has 1 amide bonds. The van der Waals surface area contributed by atoms with E-state index in [4.69, 9.17) is 16.0 Å². The lowest BCUT2D eigenvalue weighted by Gasteiger charge is -2.09. The number of anilines is 1. The molecule has 0 unspecified atom stereocenters. The van der Waals surface area contributed by atoms with E-state index in [2.05, 4.69) is 15.5 Å². The van der Waals surface area contributed by atoms with E-state index in [0.29, 0.717) is 16.7 Å². The number of aryl methyl sites for hydroxylation is 2. The number of benzene rings is 1. The Balaban J connectivity index is 1.70. The first kappa shape index (κ1) is 18.5. The van der Waals surface area contributed by atoms with Crippen LogP contribution < -0.4 is 5.32 Å². The molecule has 0 aliphatic carbocycles. The van der Waals surface area contributed by atoms with Gasteiger partial charge in [0.15, 0.2) is 11.0 Å². The van der Waals surface area contributed by atoms with Gasteiger partial charge in [0.25, 0.3) is 0 Å². The van der Waals surface area contributed by atoms with E-state index >= 15 is 0 Å². The summed E-state index contributed by atoms with van der Waals surface area (Å²) in [6, 6.07) is 7.28. The van der Waals surface area contributed by atoms with Crippen molar-refractivity contribution >= 4 is 35.0 Å². The number of aromatic nitrogens is 3. The van der Waals surface area contributed by atoms with Crippen LogP contribution in [0.25, 0.3) is 11.4 Å². The maximum absolute atomic E-state index is 12.3. The molecule has 26 heavy (non-hydrogen) atoms. The smallest absolute Gasteiger partial charge is 0.234 e. The topological polar surface area (TPSA) is 73.0 Å². The fourth-order valence-corrected chi connectivity index (χ4v) is 3.52. The highest BCUT2D eigenvalue weighted by molar-refractivity contribution is 7.99. The molecule has 0 aliphatic rings. The molecule has 8 heteroatoms. The first-order valence-electron chi connectivity index (χ1n) is 8.16. The van der Waals surface area contributed by atoms with E-state index in [1.165, 1.54) is 11.8 Å². The lowest BCUT2D eigenvalue weighted by molar-refractivity contribution is -0.113. The van der Waals surface area contributed by atoms with E-state index < -0.39 is 0 Å². The van der Waals surface area contributed by atoms with Crippen LogP contribution in [0.15, 0.2) is 40.1 Å². The molecule has 3 rings (SSSR count). The van der Waals surface area contributed by atoms with Crippen molar-refractivity contribution in [2.45, 2.75) is 32.5 Å². The van der Waals surface area contributed by atoms with Crippen molar-refractivity contribution in [3.05, 3.63) is 46.9 Å². The van der Waals surface area contributed by atoms with E-state index in [-0.39, 0.29) is 11.7 Å². The molecule has 2 heterocycles. The van der Waals surface area contributed by atoms with Crippen LogP contribution in [0.3, 0.4) is 0 Å². The third-order valence-electron chi connectivity index (χ3n) is 3.94. The maximum atomic E-state index is 12.3. The summed E-state index contributed by atoms with van der Waals surface area (Å²) < 4.78 is 7.32. The molecular formula is C18H19ClN4O2S. The SMILES string of the molecule is CCn1c(SCC(=O)Nc2cc(Cl)ccc2C)nnc1-c1ccoc1C. The molecule has 136 valence electrons. The molecule has 0 spiro atoms. The number of rotatable bonds is 6. The van der Waals surface area contributed by atoms with Crippen LogP contribution in [0.4, 0.5) is 5.69 Å². The zero-order chi connectivity index (χ0) is 18.7. The predicted molar refractivity (Wildman–Crippen MR) is 104 cm³/mol. The van der Waals surface area contributed by atoms with Crippen molar-refractivity contribution in [1.82, 2.24) is 14.8 Å². The lowest BCUT2D eigenvalue weighted by atomic mass is 10.2. The number of thioether (sulfide) groups is 1. The van der Waals surface area contributed by atoms with Gasteiger partial charge in [-0.1, -0.05) is 29.4 Å². The predicted octanol–water partition coefficient (Wildman–Crippen LogP) is 4.56. The summed E-state index contributed by atoms with van der Waals surface area (Å²) in [6.07, 6.45) is 1.63. The summed E-state index contributed by atoms with van der Waals surface area (Å²) in [5, 5.41) is 12.7. The third-order valence-corrected chi connectivity index (χ3v) is 5.14. The summed E-state index contributed by atoms with van der Waals surface area (Å²) in [6.45, 7) is 6.52. The average Bonchev–Trinajstić information content (AvgIpc) is 3.21. The summed E-state index contributed by atoms with van der Waals surface area (Å²) in [7, 11) is 0. The van der Waals surface area contributed by atoms with Crippen molar-refractivity contribution in [2.24, 2.45) is 0 Å². The van der Waals surface area contributed by atoms with Gasteiger partial charge in [-0.15, -0.1) is 10.2 Å². The summed E-state index contributed by atoms with van der Waals surface area (Å²) in [5.74, 6) is 1.64. The normalized spacial score (nSPS) is 10.9. The molecule has 0 radical (unpaired) electrons. The van der Waals surface area contributed by atoms with Gasteiger partial charge in [-0.05, 0) is 44.5 Å². The Morgan fingerprint density at radius 2 is 2.12 bits per heavy atom. The zero-order valence-corrected chi connectivity index (χ0v) is 16.3. The minimum atomic E-state index is -0.118. The summed E-state index contributed by atoms with van der Waals surface area (Å²) >= 11 is 7.34. The van der Waals surface area contributed by atoms with Gasteiger partial charge in [0.05, 0.1) is 17.6 Å². The molecule has 0 saturated heterocycles. The summed E-state index contributed by atoms with van der Waals surface area (Å²) in [4.78, 5) is 12.3. The highest BCUT2D eigenvalue weighted by atomic mass is 35.5. The Bertz CT molecular complexity index is 935. The maximum Gasteiger partial charge on any atom is 0.234 e. The molecule has 6 nitrogen and oxygen atoms in total. The first-order chi connectivity index (χ1) is 12.5. The standard InChI is InChI=1S/C18H19ClN4O2S/c1-4-23-17(14-7-8-25-12(14)3)21-22-18(23)26-10-16(24)20-15-9-13(19)6-5-11(15)2/h5-9H,4,10H2,1-3H3,(H,20,24). The fourth-order valence-electron chi connectivity index (χ4n) is 2.54. The number of amides is 1. The van der Waals surface area contributed by atoms with Crippen LogP contribution in [0, 0.1) is 13.8 Å². The molecule has 1 N–H and O–H groups in total. The van der Waals surface area contributed by atoms with Crippen LogP contribution >= 0.6 is 23.4 Å². The van der Waals surface area contributed by atoms with E-state index in [0.717, 1.165) is 28.4 Å². The zero-order valence-electron chi connectivity index (χ0n) is 14.7. The second kappa shape index (κ2) is 7.97. The molecule has 0 bridgehead atoms. The molecule has 0 saturated carbocycles. The highest BCUT2D eigenvalue weighted by Gasteiger charge is 2.17. The molecule has 1 aromatic carbocycles. The molecule has 0 aliphatic heterocycles. The van der Waals surface area contributed by atoms with Crippen molar-refractivity contribution < 1.29 is 9.21 Å². The van der Waals surface area contributed by atoms with Gasteiger partial charge in [-0.3, -0.25) is 4.79 Å². The lowest BCUT2D eigenvalue weighted by Crippen LogP contribution is -2.15. The second-order valence-corrected chi connectivity index (χ2v) is 7.12. The number of furan rings is 1. The average molecular weight is 391 g/mol. The van der Waals surface area contributed by atoms with Gasteiger partial charge in [0.2, 0.25) is 5.91 Å². The number of nitrogens with zero attached hydrogens (tertiary/aromatic N) is 3. The van der Waals surface area contributed by atoms with Crippen LogP contribution in [-0.2, 0) is 11.3 Å². The number of hydrogen-bond donors (Lipinski definition) is 1. The molecule has 3 aromatic rings. The quantitative estimate of drug-likeness (QED) is 0.624. The van der Waals surface area contributed by atoms with Gasteiger partial charge in [-0.2, -0.15) is 0 Å². The number of halogens is 1. The second-order valence-electron chi connectivity index (χ2n) is 5.74. The van der Waals surface area contributed by atoms with Crippen LogP contribution in [0.1, 0.15) is 18.2 Å². The number of carbonyl (C=O) groups excluding carboxylic acids is 1. The largest absolute Gasteiger partial charge is 0.469 e. The number of carbonyl (C=O) groups is 1. The van der Waals surface area contributed by atoms with Crippen molar-refractivity contribution in [3.8, 4) is 11.4 Å². The fraction of sp³-hybridized carbons (Fsp3) is 0.278. The Morgan fingerprint density at radius 3 is 2.81 bits per heavy atom. The molecule has 0 atom stereocenters. The van der Waals surface area contributed by atoms with Gasteiger partial charge >= 0.3 is 0 Å². The van der Waals surface area contributed by atoms with Gasteiger partial charge in [0.1, 0.15) is 5.76 Å². The minimum absolute atomic E-state index is 0.118. The molecule has 0 fully saturated rings. The van der Waals surface area contributed by atoms with E-state index in [9.17, 15) is 4.79 Å². The van der Waals surface area contributed by atoms with Crippen LogP contribution in [0.2, 0.25) is 5.02 Å². The monoisotopic (exact) mass is 390 g/mol. The number of nitrogens with one attached hydrogen (secondary N) is 1. The molecular weight excluding hydrogens is 372 g/mol. The Kier molecular flexibility index (Phi) is 5.68. The van der Waals surface area contributed by atoms with Crippen LogP contribution in [-0.4, -0.2) is 26.4 Å². The van der Waals surface area contributed by atoms with E-state index in [1.54, 1.807) is 18.4 Å². The van der Waals surface area contributed by atoms with Crippen molar-refractivity contribution in [2.75, 3.05) is 11.1 Å². The van der Waals surface area contributed by atoms with Gasteiger partial charge in [-0.25, -0.2) is 0 Å². The first-order valence-corrected chi connectivity index (χ1v) is 9.52. The Labute approximate surface area is 160 Å². The summed E-state index contributed by atoms with van der Waals surface area (Å²) in [5.41, 5.74) is 2.59. The van der Waals surface area contributed by atoms with Gasteiger partial charge < -0.3 is 14.3 Å². The Hall–Kier alpha value is -2.25. The van der Waals surface area contributed by atoms with Gasteiger partial charge in [0, 0.05) is 17.3 Å². The van der Waals surface area contributed by atoms with Crippen LogP contribution in [0.5, 0.6) is 0 Å². The molecule has 2 aromatic heterocycles. The van der Waals surface area contributed by atoms with E-state index in [1.807, 2.05) is 37.5 Å². The number of hydrogen-bond acceptors (Lipinski definition) is 5. The third kappa shape index (κ3) is 3.94. The minimum Gasteiger partial charge on any atom is -0.469 e. The van der Waals surface area contributed by atoms with Crippen molar-refractivity contribution in [3.63, 3.8) is 0 Å². The van der Waals surface area contributed by atoms with Crippen molar-refractivity contribution in [1.29, 1.82) is 0 Å². The Morgan fingerprint density at radius 1 is 1.31 bits per heavy atom. The highest BCUT2D eigenvalue weighted by Crippen LogP contribution is 2.27.